The lowest BCUT2D eigenvalue weighted by Gasteiger charge is -2.09. The Bertz CT molecular complexity index is 637. The van der Waals surface area contributed by atoms with Crippen molar-refractivity contribution < 1.29 is 14.3 Å². The maximum absolute atomic E-state index is 12.1. The van der Waals surface area contributed by atoms with E-state index in [4.69, 9.17) is 4.74 Å². The van der Waals surface area contributed by atoms with Crippen molar-refractivity contribution in [1.82, 2.24) is 4.98 Å². The molecule has 1 atom stereocenters. The highest BCUT2D eigenvalue weighted by Crippen LogP contribution is 2.33. The van der Waals surface area contributed by atoms with Gasteiger partial charge in [0.2, 0.25) is 0 Å². The molecule has 0 N–H and O–H groups in total. The molecule has 2 aromatic rings. The van der Waals surface area contributed by atoms with E-state index in [1.54, 1.807) is 36.7 Å². The molecular weight excluding hydrogens is 242 g/mol. The highest BCUT2D eigenvalue weighted by Gasteiger charge is 2.32. The van der Waals surface area contributed by atoms with Crippen molar-refractivity contribution in [3.05, 3.63) is 65.5 Å². The number of ether oxygens (including phenoxy) is 1. The minimum atomic E-state index is -0.482. The Balaban J connectivity index is 1.83. The number of hydrogen-bond acceptors (Lipinski definition) is 4. The van der Waals surface area contributed by atoms with Gasteiger partial charge in [0.25, 0.3) is 0 Å². The predicted molar refractivity (Wildman–Crippen MR) is 67.8 cm³/mol. The lowest BCUT2D eigenvalue weighted by atomic mass is 9.99. The van der Waals surface area contributed by atoms with Gasteiger partial charge in [-0.15, -0.1) is 0 Å². The number of rotatable bonds is 3. The molecule has 1 aromatic carbocycles. The van der Waals surface area contributed by atoms with Crippen LogP contribution in [-0.4, -0.2) is 16.7 Å². The number of benzene rings is 1. The van der Waals surface area contributed by atoms with Crippen molar-refractivity contribution in [2.75, 3.05) is 0 Å². The Hall–Kier alpha value is -2.49. The topological polar surface area (TPSA) is 56.3 Å². The Morgan fingerprint density at radius 3 is 2.68 bits per heavy atom. The molecule has 2 heterocycles. The lowest BCUT2D eigenvalue weighted by Crippen LogP contribution is -2.07. The van der Waals surface area contributed by atoms with Crippen LogP contribution in [0.4, 0.5) is 0 Å². The highest BCUT2D eigenvalue weighted by atomic mass is 16.5. The molecule has 3 rings (SSSR count). The largest absolute Gasteiger partial charge is 0.453 e. The SMILES string of the molecule is O=C(C[C@@H]1OC(=O)c2ccccc21)c1ccncc1. The van der Waals surface area contributed by atoms with E-state index in [9.17, 15) is 9.59 Å². The average Bonchev–Trinajstić information content (AvgIpc) is 2.77. The Labute approximate surface area is 110 Å². The number of Topliss-reactive ketones (excluding diaryl/α,β-unsaturated/α-hetero) is 1. The van der Waals surface area contributed by atoms with Crippen LogP contribution in [0.25, 0.3) is 0 Å². The van der Waals surface area contributed by atoms with Crippen molar-refractivity contribution in [2.45, 2.75) is 12.5 Å². The summed E-state index contributed by atoms with van der Waals surface area (Å²) in [6, 6.07) is 10.5. The van der Waals surface area contributed by atoms with E-state index in [0.717, 1.165) is 5.56 Å². The van der Waals surface area contributed by atoms with Crippen LogP contribution in [0.1, 0.15) is 38.8 Å². The van der Waals surface area contributed by atoms with Crippen molar-refractivity contribution >= 4 is 11.8 Å². The molecule has 0 radical (unpaired) electrons. The fourth-order valence-electron chi connectivity index (χ4n) is 2.20. The van der Waals surface area contributed by atoms with Crippen LogP contribution >= 0.6 is 0 Å². The number of ketones is 1. The Morgan fingerprint density at radius 2 is 1.89 bits per heavy atom. The maximum Gasteiger partial charge on any atom is 0.339 e. The van der Waals surface area contributed by atoms with E-state index in [0.29, 0.717) is 11.1 Å². The number of hydrogen-bond donors (Lipinski definition) is 0. The molecule has 1 aromatic heterocycles. The predicted octanol–water partition coefficient (Wildman–Crippen LogP) is 2.57. The summed E-state index contributed by atoms with van der Waals surface area (Å²) in [7, 11) is 0. The third-order valence-corrected chi connectivity index (χ3v) is 3.15. The summed E-state index contributed by atoms with van der Waals surface area (Å²) < 4.78 is 5.25. The summed E-state index contributed by atoms with van der Waals surface area (Å²) in [6.45, 7) is 0. The summed E-state index contributed by atoms with van der Waals surface area (Å²) in [5, 5.41) is 0. The summed E-state index contributed by atoms with van der Waals surface area (Å²) in [6.07, 6.45) is 2.82. The first-order valence-electron chi connectivity index (χ1n) is 5.99. The van der Waals surface area contributed by atoms with Crippen molar-refractivity contribution in [3.63, 3.8) is 0 Å². The maximum atomic E-state index is 12.1. The number of pyridine rings is 1. The van der Waals surface area contributed by atoms with Crippen LogP contribution in [0, 0.1) is 0 Å². The van der Waals surface area contributed by atoms with Gasteiger partial charge in [-0.3, -0.25) is 9.78 Å². The number of fused-ring (bicyclic) bond motifs is 1. The Kier molecular flexibility index (Phi) is 2.83. The smallest absolute Gasteiger partial charge is 0.339 e. The second kappa shape index (κ2) is 4.65. The van der Waals surface area contributed by atoms with Crippen molar-refractivity contribution in [3.8, 4) is 0 Å². The van der Waals surface area contributed by atoms with Crippen LogP contribution in [0.5, 0.6) is 0 Å². The number of nitrogens with zero attached hydrogens (tertiary/aromatic N) is 1. The third-order valence-electron chi connectivity index (χ3n) is 3.15. The summed E-state index contributed by atoms with van der Waals surface area (Å²) in [5.41, 5.74) is 1.92. The molecule has 1 aliphatic heterocycles. The molecule has 0 amide bonds. The van der Waals surface area contributed by atoms with Gasteiger partial charge in [-0.2, -0.15) is 0 Å². The first-order chi connectivity index (χ1) is 9.25. The second-order valence-electron chi connectivity index (χ2n) is 4.34. The average molecular weight is 253 g/mol. The molecule has 0 aliphatic carbocycles. The van der Waals surface area contributed by atoms with Gasteiger partial charge in [0.1, 0.15) is 6.10 Å². The van der Waals surface area contributed by atoms with E-state index < -0.39 is 6.10 Å². The molecule has 4 nitrogen and oxygen atoms in total. The molecule has 0 unspecified atom stereocenters. The zero-order valence-electron chi connectivity index (χ0n) is 10.1. The van der Waals surface area contributed by atoms with Crippen molar-refractivity contribution in [1.29, 1.82) is 0 Å². The van der Waals surface area contributed by atoms with Gasteiger partial charge < -0.3 is 4.74 Å². The zero-order chi connectivity index (χ0) is 13.2. The van der Waals surface area contributed by atoms with Crippen LogP contribution in [0.2, 0.25) is 0 Å². The van der Waals surface area contributed by atoms with Gasteiger partial charge in [0.15, 0.2) is 5.78 Å². The van der Waals surface area contributed by atoms with Crippen LogP contribution in [0.15, 0.2) is 48.8 Å². The standard InChI is InChI=1S/C15H11NO3/c17-13(10-5-7-16-8-6-10)9-14-11-3-1-2-4-12(11)15(18)19-14/h1-8,14H,9H2/t14-/m0/s1. The van der Waals surface area contributed by atoms with Crippen LogP contribution in [-0.2, 0) is 4.74 Å². The molecule has 0 saturated carbocycles. The molecule has 0 fully saturated rings. The number of aromatic nitrogens is 1. The molecule has 19 heavy (non-hydrogen) atoms. The van der Waals surface area contributed by atoms with Gasteiger partial charge in [0, 0.05) is 23.5 Å². The van der Waals surface area contributed by atoms with Gasteiger partial charge in [-0.1, -0.05) is 18.2 Å². The summed E-state index contributed by atoms with van der Waals surface area (Å²) in [5.74, 6) is -0.417. The first-order valence-corrected chi connectivity index (χ1v) is 5.99. The fourth-order valence-corrected chi connectivity index (χ4v) is 2.20. The number of carbonyl (C=O) groups excluding carboxylic acids is 2. The molecule has 94 valence electrons. The lowest BCUT2D eigenvalue weighted by molar-refractivity contribution is 0.0367. The molecule has 0 saturated heterocycles. The minimum absolute atomic E-state index is 0.0584. The minimum Gasteiger partial charge on any atom is -0.453 e. The molecule has 1 aliphatic rings. The van der Waals surface area contributed by atoms with E-state index in [2.05, 4.69) is 4.98 Å². The molecular formula is C15H11NO3. The monoisotopic (exact) mass is 253 g/mol. The number of carbonyl (C=O) groups is 2. The van der Waals surface area contributed by atoms with Gasteiger partial charge in [0.05, 0.1) is 12.0 Å². The quantitative estimate of drug-likeness (QED) is 0.623. The van der Waals surface area contributed by atoms with Crippen molar-refractivity contribution in [2.24, 2.45) is 0 Å². The second-order valence-corrected chi connectivity index (χ2v) is 4.34. The third kappa shape index (κ3) is 2.12. The van der Waals surface area contributed by atoms with E-state index >= 15 is 0 Å². The highest BCUT2D eigenvalue weighted by molar-refractivity contribution is 5.98. The summed E-state index contributed by atoms with van der Waals surface area (Å²) >= 11 is 0. The summed E-state index contributed by atoms with van der Waals surface area (Å²) in [4.78, 5) is 27.6. The molecule has 0 bridgehead atoms. The number of esters is 1. The van der Waals surface area contributed by atoms with Gasteiger partial charge in [-0.05, 0) is 18.2 Å². The normalized spacial score (nSPS) is 16.8. The molecule has 4 heteroatoms. The van der Waals surface area contributed by atoms with Gasteiger partial charge in [-0.25, -0.2) is 4.79 Å². The van der Waals surface area contributed by atoms with Gasteiger partial charge >= 0.3 is 5.97 Å². The molecule has 0 spiro atoms. The van der Waals surface area contributed by atoms with E-state index in [1.807, 2.05) is 12.1 Å². The first kappa shape index (κ1) is 11.6. The van der Waals surface area contributed by atoms with E-state index in [-0.39, 0.29) is 18.2 Å². The Morgan fingerprint density at radius 1 is 1.16 bits per heavy atom. The van der Waals surface area contributed by atoms with Crippen LogP contribution < -0.4 is 0 Å². The zero-order valence-corrected chi connectivity index (χ0v) is 10.1. The number of cyclic esters (lactones) is 1. The van der Waals surface area contributed by atoms with E-state index in [1.165, 1.54) is 0 Å². The van der Waals surface area contributed by atoms with Crippen LogP contribution in [0.3, 0.4) is 0 Å². The fraction of sp³-hybridized carbons (Fsp3) is 0.133.